The highest BCUT2D eigenvalue weighted by Crippen LogP contribution is 2.07. The highest BCUT2D eigenvalue weighted by atomic mass is 14.9. The molecule has 2 radical (unpaired) electrons. The van der Waals surface area contributed by atoms with E-state index < -0.39 is 0 Å². The Morgan fingerprint density at radius 3 is 3.09 bits per heavy atom. The van der Waals surface area contributed by atoms with Crippen LogP contribution < -0.4 is 5.46 Å². The van der Waals surface area contributed by atoms with Gasteiger partial charge >= 0.3 is 0 Å². The molecule has 1 aromatic carbocycles. The van der Waals surface area contributed by atoms with Gasteiger partial charge in [0.1, 0.15) is 7.85 Å². The van der Waals surface area contributed by atoms with Gasteiger partial charge in [-0.25, -0.2) is 4.98 Å². The van der Waals surface area contributed by atoms with Crippen LogP contribution in [0.4, 0.5) is 0 Å². The molecule has 52 valence electrons. The van der Waals surface area contributed by atoms with Crippen molar-refractivity contribution in [3.05, 3.63) is 24.0 Å². The van der Waals surface area contributed by atoms with E-state index in [1.54, 1.807) is 6.33 Å². The maximum Gasteiger partial charge on any atom is 0.114 e. The number of aromatic amines is 1. The maximum atomic E-state index is 5.70. The molecule has 0 aliphatic carbocycles. The Bertz CT molecular complexity index is 356. The van der Waals surface area contributed by atoms with E-state index >= 15 is 0 Å². The number of aryl methyl sites for hydroxylation is 1. The second kappa shape index (κ2) is 2.12. The molecule has 1 heterocycles. The largest absolute Gasteiger partial charge is 0.345 e. The van der Waals surface area contributed by atoms with E-state index in [9.17, 15) is 0 Å². The normalized spacial score (nSPS) is 10.6. The summed E-state index contributed by atoms with van der Waals surface area (Å²) in [5.74, 6) is 0. The highest BCUT2D eigenvalue weighted by molar-refractivity contribution is 6.34. The summed E-state index contributed by atoms with van der Waals surface area (Å²) in [5, 5.41) is 0. The number of nitrogens with zero attached hydrogens (tertiary/aromatic N) is 1. The molecule has 0 unspecified atom stereocenters. The molecule has 3 heteroatoms. The lowest BCUT2D eigenvalue weighted by Gasteiger charge is -1.97. The number of nitrogens with one attached hydrogen (secondary N) is 1. The lowest BCUT2D eigenvalue weighted by Crippen LogP contribution is -2.05. The van der Waals surface area contributed by atoms with Crippen LogP contribution in [0.2, 0.25) is 0 Å². The van der Waals surface area contributed by atoms with Crippen molar-refractivity contribution in [3.63, 3.8) is 0 Å². The van der Waals surface area contributed by atoms with Crippen molar-refractivity contribution in [1.82, 2.24) is 9.97 Å². The number of benzene rings is 1. The van der Waals surface area contributed by atoms with Gasteiger partial charge in [0.05, 0.1) is 17.4 Å². The first-order chi connectivity index (χ1) is 5.27. The van der Waals surface area contributed by atoms with E-state index in [-0.39, 0.29) is 0 Å². The Labute approximate surface area is 66.1 Å². The molecule has 0 aliphatic heterocycles. The number of hydrogen-bond donors (Lipinski definition) is 1. The van der Waals surface area contributed by atoms with E-state index in [2.05, 4.69) is 9.97 Å². The number of hydrogen-bond acceptors (Lipinski definition) is 1. The van der Waals surface area contributed by atoms with Gasteiger partial charge in [-0.1, -0.05) is 11.0 Å². The lowest BCUT2D eigenvalue weighted by molar-refractivity contribution is 1.34. The molecule has 0 saturated carbocycles. The minimum absolute atomic E-state index is 0.807. The number of rotatable bonds is 0. The van der Waals surface area contributed by atoms with E-state index in [0.29, 0.717) is 0 Å². The molecule has 0 spiro atoms. The van der Waals surface area contributed by atoms with Gasteiger partial charge in [-0.15, -0.1) is 0 Å². The van der Waals surface area contributed by atoms with Crippen molar-refractivity contribution < 1.29 is 0 Å². The molecule has 0 fully saturated rings. The smallest absolute Gasteiger partial charge is 0.114 e. The number of H-pyrrole nitrogens is 1. The quantitative estimate of drug-likeness (QED) is 0.538. The SMILES string of the molecule is [B]c1cc2[nH]cnc2cc1C. The average molecular weight is 142 g/mol. The van der Waals surface area contributed by atoms with Crippen LogP contribution in [-0.2, 0) is 0 Å². The molecule has 1 aromatic heterocycles. The third-order valence-corrected chi connectivity index (χ3v) is 1.81. The first-order valence-corrected chi connectivity index (χ1v) is 3.46. The summed E-state index contributed by atoms with van der Waals surface area (Å²) in [7, 11) is 5.70. The van der Waals surface area contributed by atoms with Gasteiger partial charge in [-0.2, -0.15) is 0 Å². The first kappa shape index (κ1) is 6.46. The zero-order chi connectivity index (χ0) is 7.84. The zero-order valence-corrected chi connectivity index (χ0v) is 6.26. The monoisotopic (exact) mass is 142 g/mol. The van der Waals surface area contributed by atoms with Crippen LogP contribution in [0.15, 0.2) is 18.5 Å². The number of imidazole rings is 1. The van der Waals surface area contributed by atoms with Crippen molar-refractivity contribution in [2.45, 2.75) is 6.92 Å². The zero-order valence-electron chi connectivity index (χ0n) is 6.26. The highest BCUT2D eigenvalue weighted by Gasteiger charge is 1.97. The van der Waals surface area contributed by atoms with Crippen LogP contribution in [0.1, 0.15) is 5.56 Å². The second-order valence-corrected chi connectivity index (χ2v) is 2.63. The van der Waals surface area contributed by atoms with Gasteiger partial charge in [0.25, 0.3) is 0 Å². The summed E-state index contributed by atoms with van der Waals surface area (Å²) in [6.45, 7) is 1.98. The number of fused-ring (bicyclic) bond motifs is 1. The number of aromatic nitrogens is 2. The second-order valence-electron chi connectivity index (χ2n) is 2.63. The third-order valence-electron chi connectivity index (χ3n) is 1.81. The first-order valence-electron chi connectivity index (χ1n) is 3.46. The van der Waals surface area contributed by atoms with Crippen LogP contribution >= 0.6 is 0 Å². The van der Waals surface area contributed by atoms with E-state index in [1.165, 1.54) is 0 Å². The summed E-state index contributed by atoms with van der Waals surface area (Å²) in [6.07, 6.45) is 1.67. The fourth-order valence-electron chi connectivity index (χ4n) is 1.10. The predicted molar refractivity (Wildman–Crippen MR) is 46.2 cm³/mol. The van der Waals surface area contributed by atoms with Crippen LogP contribution in [0, 0.1) is 6.92 Å². The van der Waals surface area contributed by atoms with Gasteiger partial charge < -0.3 is 4.98 Å². The van der Waals surface area contributed by atoms with Crippen molar-refractivity contribution in [2.75, 3.05) is 0 Å². The molecule has 0 amide bonds. The van der Waals surface area contributed by atoms with Gasteiger partial charge in [0.2, 0.25) is 0 Å². The van der Waals surface area contributed by atoms with Crippen LogP contribution in [-0.4, -0.2) is 17.8 Å². The standard InChI is InChI=1S/C8H7BN2/c1-5-2-7-8(3-6(5)9)11-4-10-7/h2-4H,1H3,(H,10,11). The molecule has 2 aromatic rings. The van der Waals surface area contributed by atoms with E-state index in [1.807, 2.05) is 19.1 Å². The Morgan fingerprint density at radius 1 is 1.45 bits per heavy atom. The molecule has 0 bridgehead atoms. The minimum atomic E-state index is 0.807. The van der Waals surface area contributed by atoms with Crippen molar-refractivity contribution in [3.8, 4) is 0 Å². The summed E-state index contributed by atoms with van der Waals surface area (Å²) in [5.41, 5.74) is 3.84. The summed E-state index contributed by atoms with van der Waals surface area (Å²) in [6, 6.07) is 3.87. The van der Waals surface area contributed by atoms with Gasteiger partial charge in [0.15, 0.2) is 0 Å². The van der Waals surface area contributed by atoms with Crippen molar-refractivity contribution in [1.29, 1.82) is 0 Å². The summed E-state index contributed by atoms with van der Waals surface area (Å²) in [4.78, 5) is 7.11. The molecule has 0 saturated heterocycles. The summed E-state index contributed by atoms with van der Waals surface area (Å²) < 4.78 is 0. The fraction of sp³-hybridized carbons (Fsp3) is 0.125. The van der Waals surface area contributed by atoms with Crippen LogP contribution in [0.5, 0.6) is 0 Å². The Hall–Kier alpha value is -1.25. The van der Waals surface area contributed by atoms with E-state index in [0.717, 1.165) is 22.1 Å². The molecule has 0 aliphatic rings. The summed E-state index contributed by atoms with van der Waals surface area (Å²) >= 11 is 0. The predicted octanol–water partition coefficient (Wildman–Crippen LogP) is 0.665. The molecule has 0 atom stereocenters. The topological polar surface area (TPSA) is 28.7 Å². The Morgan fingerprint density at radius 2 is 2.27 bits per heavy atom. The van der Waals surface area contributed by atoms with Crippen molar-refractivity contribution in [2.24, 2.45) is 0 Å². The van der Waals surface area contributed by atoms with Gasteiger partial charge in [-0.05, 0) is 19.1 Å². The van der Waals surface area contributed by atoms with Crippen LogP contribution in [0.3, 0.4) is 0 Å². The van der Waals surface area contributed by atoms with Gasteiger partial charge in [0, 0.05) is 0 Å². The molecular formula is C8H7BN2. The van der Waals surface area contributed by atoms with E-state index in [4.69, 9.17) is 7.85 Å². The van der Waals surface area contributed by atoms with Crippen molar-refractivity contribution >= 4 is 24.3 Å². The maximum absolute atomic E-state index is 5.70. The van der Waals surface area contributed by atoms with Crippen LogP contribution in [0.25, 0.3) is 11.0 Å². The molecule has 11 heavy (non-hydrogen) atoms. The fourth-order valence-corrected chi connectivity index (χ4v) is 1.10. The third kappa shape index (κ3) is 0.927. The lowest BCUT2D eigenvalue weighted by atomic mass is 9.91. The Kier molecular flexibility index (Phi) is 1.25. The molecule has 2 nitrogen and oxygen atoms in total. The average Bonchev–Trinajstić information content (AvgIpc) is 2.36. The molecular weight excluding hydrogens is 135 g/mol. The minimum Gasteiger partial charge on any atom is -0.345 e. The van der Waals surface area contributed by atoms with Gasteiger partial charge in [-0.3, -0.25) is 0 Å². The molecule has 1 N–H and O–H groups in total. The molecule has 2 rings (SSSR count). The Balaban J connectivity index is 2.86.